The molecular weight excluding hydrogens is 366 g/mol. The van der Waals surface area contributed by atoms with Gasteiger partial charge in [0, 0.05) is 43.0 Å². The predicted octanol–water partition coefficient (Wildman–Crippen LogP) is 3.37. The topological polar surface area (TPSA) is 67.5 Å². The van der Waals surface area contributed by atoms with Crippen LogP contribution in [0.25, 0.3) is 21.8 Å². The van der Waals surface area contributed by atoms with Gasteiger partial charge in [0.15, 0.2) is 0 Å². The second-order valence-electron chi connectivity index (χ2n) is 6.98. The van der Waals surface area contributed by atoms with Gasteiger partial charge in [-0.05, 0) is 42.1 Å². The Hall–Kier alpha value is -3.38. The maximum atomic E-state index is 13.3. The van der Waals surface area contributed by atoms with Gasteiger partial charge in [-0.2, -0.15) is 0 Å². The highest BCUT2D eigenvalue weighted by Gasteiger charge is 2.30. The number of nitrogens with zero attached hydrogens (tertiary/aromatic N) is 3. The summed E-state index contributed by atoms with van der Waals surface area (Å²) < 4.78 is 4.04. The van der Waals surface area contributed by atoms with Crippen molar-refractivity contribution in [2.24, 2.45) is 0 Å². The molecule has 0 saturated carbocycles. The van der Waals surface area contributed by atoms with Crippen molar-refractivity contribution in [3.8, 4) is 0 Å². The van der Waals surface area contributed by atoms with Crippen LogP contribution in [-0.4, -0.2) is 40.1 Å². The number of aldehydes is 1. The second kappa shape index (κ2) is 7.56. The van der Waals surface area contributed by atoms with Gasteiger partial charge in [-0.1, -0.05) is 24.3 Å². The number of benzene rings is 2. The van der Waals surface area contributed by atoms with E-state index < -0.39 is 0 Å². The van der Waals surface area contributed by atoms with Gasteiger partial charge in [0.25, 0.3) is 5.91 Å². The molecule has 29 heavy (non-hydrogen) atoms. The number of carbonyl (C=O) groups is 2. The molecule has 0 saturated heterocycles. The molecule has 1 aliphatic rings. The zero-order valence-corrected chi connectivity index (χ0v) is 16.5. The third kappa shape index (κ3) is 2.93. The minimum atomic E-state index is 0.0304. The first kappa shape index (κ1) is 19.0. The Morgan fingerprint density at radius 2 is 1.83 bits per heavy atom. The summed E-state index contributed by atoms with van der Waals surface area (Å²) in [5.74, 6) is 0.0304. The van der Waals surface area contributed by atoms with Crippen LogP contribution in [-0.2, 0) is 17.9 Å². The van der Waals surface area contributed by atoms with Crippen molar-refractivity contribution >= 4 is 39.7 Å². The fraction of sp³-hybridized carbons (Fsp3) is 0.217. The van der Waals surface area contributed by atoms with Crippen LogP contribution in [0.2, 0.25) is 0 Å². The van der Waals surface area contributed by atoms with Crippen LogP contribution < -0.4 is 4.90 Å². The first-order chi connectivity index (χ1) is 14.2. The van der Waals surface area contributed by atoms with Crippen LogP contribution in [0, 0.1) is 6.92 Å². The van der Waals surface area contributed by atoms with E-state index in [9.17, 15) is 9.59 Å². The Balaban J connectivity index is 0.000000994. The standard InChI is InChI=1S/C22H19N3O2.CH4O/c1-15-18-4-2-3-5-19(18)25-11-10-24(22(27)21(15)25)17-7-6-16-8-9-23(12-13-26)20(16)14-17;1-2/h2-9,13-14H,10-12H2,1H3;2H,1H3. The number of anilines is 1. The third-order valence-electron chi connectivity index (χ3n) is 5.56. The van der Waals surface area contributed by atoms with E-state index in [-0.39, 0.29) is 5.91 Å². The Morgan fingerprint density at radius 1 is 1.03 bits per heavy atom. The minimum absolute atomic E-state index is 0.0304. The fourth-order valence-electron chi connectivity index (χ4n) is 4.24. The number of fused-ring (bicyclic) bond motifs is 4. The van der Waals surface area contributed by atoms with Crippen molar-refractivity contribution < 1.29 is 14.7 Å². The number of aryl methyl sites for hydroxylation is 1. The highest BCUT2D eigenvalue weighted by molar-refractivity contribution is 6.11. The summed E-state index contributed by atoms with van der Waals surface area (Å²) in [6, 6.07) is 16.2. The first-order valence-corrected chi connectivity index (χ1v) is 9.56. The number of hydrogen-bond donors (Lipinski definition) is 1. The number of hydrogen-bond acceptors (Lipinski definition) is 3. The van der Waals surface area contributed by atoms with Crippen LogP contribution in [0.5, 0.6) is 0 Å². The Kier molecular flexibility index (Phi) is 4.94. The monoisotopic (exact) mass is 389 g/mol. The Bertz CT molecular complexity index is 1220. The quantitative estimate of drug-likeness (QED) is 0.546. The second-order valence-corrected chi connectivity index (χ2v) is 6.98. The van der Waals surface area contributed by atoms with Gasteiger partial charge in [0.1, 0.15) is 12.0 Å². The van der Waals surface area contributed by atoms with Crippen molar-refractivity contribution in [1.29, 1.82) is 0 Å². The zero-order chi connectivity index (χ0) is 20.5. The first-order valence-electron chi connectivity index (χ1n) is 9.56. The molecule has 3 heterocycles. The number of para-hydroxylation sites is 1. The molecule has 0 bridgehead atoms. The molecule has 2 aromatic heterocycles. The lowest BCUT2D eigenvalue weighted by Gasteiger charge is -2.29. The fourth-order valence-corrected chi connectivity index (χ4v) is 4.24. The van der Waals surface area contributed by atoms with E-state index in [2.05, 4.69) is 16.7 Å². The summed E-state index contributed by atoms with van der Waals surface area (Å²) in [4.78, 5) is 26.1. The number of amides is 1. The van der Waals surface area contributed by atoms with Crippen molar-refractivity contribution in [3.05, 3.63) is 66.0 Å². The van der Waals surface area contributed by atoms with Crippen molar-refractivity contribution in [2.45, 2.75) is 20.0 Å². The molecule has 0 aliphatic carbocycles. The summed E-state index contributed by atoms with van der Waals surface area (Å²) in [5, 5.41) is 9.20. The third-order valence-corrected chi connectivity index (χ3v) is 5.56. The molecule has 6 heteroatoms. The number of aliphatic hydroxyl groups is 1. The lowest BCUT2D eigenvalue weighted by molar-refractivity contribution is -0.108. The summed E-state index contributed by atoms with van der Waals surface area (Å²) in [6.45, 7) is 3.73. The van der Waals surface area contributed by atoms with Crippen LogP contribution >= 0.6 is 0 Å². The van der Waals surface area contributed by atoms with E-state index in [1.54, 1.807) is 0 Å². The van der Waals surface area contributed by atoms with Gasteiger partial charge in [-0.15, -0.1) is 0 Å². The van der Waals surface area contributed by atoms with E-state index in [1.165, 1.54) is 0 Å². The molecule has 4 aromatic rings. The van der Waals surface area contributed by atoms with E-state index in [0.717, 1.165) is 58.7 Å². The summed E-state index contributed by atoms with van der Waals surface area (Å²) in [7, 11) is 1.00. The lowest BCUT2D eigenvalue weighted by atomic mass is 10.1. The van der Waals surface area contributed by atoms with Gasteiger partial charge in [-0.3, -0.25) is 4.79 Å². The van der Waals surface area contributed by atoms with Gasteiger partial charge >= 0.3 is 0 Å². The van der Waals surface area contributed by atoms with Crippen LogP contribution in [0.15, 0.2) is 54.7 Å². The molecule has 5 rings (SSSR count). The van der Waals surface area contributed by atoms with E-state index in [1.807, 2.05) is 59.0 Å². The van der Waals surface area contributed by atoms with Gasteiger partial charge < -0.3 is 23.9 Å². The normalized spacial score (nSPS) is 13.3. The SMILES string of the molecule is CO.Cc1c2n(c3ccccc13)CCN(c1ccc3ccn(CC=O)c3c1)C2=O. The maximum Gasteiger partial charge on any atom is 0.275 e. The van der Waals surface area contributed by atoms with Crippen LogP contribution in [0.4, 0.5) is 5.69 Å². The van der Waals surface area contributed by atoms with Crippen LogP contribution in [0.3, 0.4) is 0 Å². The molecule has 0 radical (unpaired) electrons. The molecule has 2 aromatic carbocycles. The molecule has 0 unspecified atom stereocenters. The molecule has 6 nitrogen and oxygen atoms in total. The lowest BCUT2D eigenvalue weighted by Crippen LogP contribution is -2.40. The van der Waals surface area contributed by atoms with E-state index in [0.29, 0.717) is 13.1 Å². The number of carbonyl (C=O) groups excluding carboxylic acids is 2. The molecule has 0 atom stereocenters. The number of aromatic nitrogens is 2. The Labute approximate surface area is 168 Å². The molecule has 148 valence electrons. The largest absolute Gasteiger partial charge is 0.400 e. The highest BCUT2D eigenvalue weighted by atomic mass is 16.2. The molecular formula is C23H23N3O3. The molecule has 0 spiro atoms. The Morgan fingerprint density at radius 3 is 2.62 bits per heavy atom. The van der Waals surface area contributed by atoms with Crippen molar-refractivity contribution in [1.82, 2.24) is 9.13 Å². The summed E-state index contributed by atoms with van der Waals surface area (Å²) >= 11 is 0. The number of aliphatic hydroxyl groups excluding tert-OH is 1. The molecule has 1 N–H and O–H groups in total. The summed E-state index contributed by atoms with van der Waals surface area (Å²) in [6.07, 6.45) is 2.79. The average molecular weight is 389 g/mol. The average Bonchev–Trinajstić information content (AvgIpc) is 3.29. The van der Waals surface area contributed by atoms with Crippen LogP contribution in [0.1, 0.15) is 16.1 Å². The molecule has 1 aliphatic heterocycles. The minimum Gasteiger partial charge on any atom is -0.400 e. The van der Waals surface area contributed by atoms with E-state index >= 15 is 0 Å². The smallest absolute Gasteiger partial charge is 0.275 e. The highest BCUT2D eigenvalue weighted by Crippen LogP contribution is 2.32. The molecule has 0 fully saturated rings. The van der Waals surface area contributed by atoms with Crippen molar-refractivity contribution in [3.63, 3.8) is 0 Å². The van der Waals surface area contributed by atoms with E-state index in [4.69, 9.17) is 5.11 Å². The van der Waals surface area contributed by atoms with Gasteiger partial charge in [0.2, 0.25) is 0 Å². The van der Waals surface area contributed by atoms with Crippen molar-refractivity contribution in [2.75, 3.05) is 18.6 Å². The predicted molar refractivity (Wildman–Crippen MR) is 114 cm³/mol. The maximum absolute atomic E-state index is 13.3. The van der Waals surface area contributed by atoms with Gasteiger partial charge in [0.05, 0.1) is 12.1 Å². The van der Waals surface area contributed by atoms with Gasteiger partial charge in [-0.25, -0.2) is 0 Å². The summed E-state index contributed by atoms with van der Waals surface area (Å²) in [5.41, 5.74) is 4.76. The molecule has 1 amide bonds. The number of rotatable bonds is 3. The zero-order valence-electron chi connectivity index (χ0n) is 16.5.